The third kappa shape index (κ3) is 4.34. The van der Waals surface area contributed by atoms with Crippen molar-refractivity contribution in [2.24, 2.45) is 0 Å². The number of carbonyl (C=O) groups excluding carboxylic acids is 2. The first kappa shape index (κ1) is 17.8. The third-order valence-corrected chi connectivity index (χ3v) is 4.39. The van der Waals surface area contributed by atoms with Crippen molar-refractivity contribution in [3.63, 3.8) is 0 Å². The van der Waals surface area contributed by atoms with Crippen LogP contribution in [0.25, 0.3) is 10.8 Å². The molecule has 0 saturated carbocycles. The van der Waals surface area contributed by atoms with Gasteiger partial charge in [0, 0.05) is 13.5 Å². The van der Waals surface area contributed by atoms with E-state index in [4.69, 9.17) is 9.15 Å². The first-order valence-electron chi connectivity index (χ1n) is 7.94. The zero-order valence-corrected chi connectivity index (χ0v) is 15.1. The van der Waals surface area contributed by atoms with Crippen molar-refractivity contribution in [1.29, 1.82) is 0 Å². The minimum Gasteiger partial charge on any atom is -0.449 e. The lowest BCUT2D eigenvalue weighted by Crippen LogP contribution is -2.18. The lowest BCUT2D eigenvalue weighted by Gasteiger charge is -2.10. The average Bonchev–Trinajstić information content (AvgIpc) is 3.31. The molecule has 1 N–H and O–H groups in total. The summed E-state index contributed by atoms with van der Waals surface area (Å²) in [6.07, 6.45) is -0.664. The summed E-state index contributed by atoms with van der Waals surface area (Å²) in [4.78, 5) is 24.0. The highest BCUT2D eigenvalue weighted by Crippen LogP contribution is 2.26. The van der Waals surface area contributed by atoms with Gasteiger partial charge in [-0.3, -0.25) is 4.79 Å². The van der Waals surface area contributed by atoms with E-state index in [9.17, 15) is 9.59 Å². The molecule has 0 saturated heterocycles. The van der Waals surface area contributed by atoms with Crippen LogP contribution >= 0.6 is 11.3 Å². The fourth-order valence-corrected chi connectivity index (χ4v) is 2.81. The second-order valence-electron chi connectivity index (χ2n) is 5.58. The van der Waals surface area contributed by atoms with Gasteiger partial charge < -0.3 is 14.5 Å². The highest BCUT2D eigenvalue weighted by Gasteiger charge is 2.20. The van der Waals surface area contributed by atoms with Crippen LogP contribution in [0.15, 0.2) is 46.2 Å². The van der Waals surface area contributed by atoms with Gasteiger partial charge in [0.25, 0.3) is 11.8 Å². The lowest BCUT2D eigenvalue weighted by molar-refractivity contribution is -0.119. The molecule has 0 radical (unpaired) electrons. The Morgan fingerprint density at radius 1 is 1.23 bits per heavy atom. The van der Waals surface area contributed by atoms with Gasteiger partial charge in [-0.25, -0.2) is 4.79 Å². The van der Waals surface area contributed by atoms with Gasteiger partial charge in [-0.05, 0) is 36.1 Å². The monoisotopic (exact) mass is 371 g/mol. The van der Waals surface area contributed by atoms with E-state index in [0.29, 0.717) is 18.0 Å². The summed E-state index contributed by atoms with van der Waals surface area (Å²) >= 11 is 1.49. The molecule has 0 spiro atoms. The molecule has 1 unspecified atom stereocenters. The first-order chi connectivity index (χ1) is 12.5. The Hall–Kier alpha value is -3.00. The molecule has 26 heavy (non-hydrogen) atoms. The van der Waals surface area contributed by atoms with Crippen molar-refractivity contribution in [3.05, 3.63) is 58.8 Å². The topological polar surface area (TPSA) is 94.3 Å². The second kappa shape index (κ2) is 7.92. The number of carbonyl (C=O) groups is 2. The van der Waals surface area contributed by atoms with E-state index in [0.717, 1.165) is 10.4 Å². The van der Waals surface area contributed by atoms with Gasteiger partial charge in [-0.2, -0.15) is 0 Å². The molecule has 0 fully saturated rings. The zero-order valence-electron chi connectivity index (χ0n) is 14.3. The highest BCUT2D eigenvalue weighted by molar-refractivity contribution is 7.13. The normalized spacial score (nSPS) is 11.8. The number of rotatable bonds is 6. The molecular weight excluding hydrogens is 354 g/mol. The van der Waals surface area contributed by atoms with Gasteiger partial charge in [-0.15, -0.1) is 21.5 Å². The van der Waals surface area contributed by atoms with E-state index >= 15 is 0 Å². The van der Waals surface area contributed by atoms with Gasteiger partial charge >= 0.3 is 5.97 Å². The van der Waals surface area contributed by atoms with E-state index < -0.39 is 12.1 Å². The van der Waals surface area contributed by atoms with Crippen molar-refractivity contribution < 1.29 is 18.7 Å². The minimum absolute atomic E-state index is 0.108. The maximum Gasteiger partial charge on any atom is 0.338 e. The molecule has 7 nitrogen and oxygen atoms in total. The fourth-order valence-electron chi connectivity index (χ4n) is 2.16. The SMILES string of the molecule is CC(=O)NCc1ccc(C(=O)OC(C)c2nnc(-c3cccs3)o2)cc1. The summed E-state index contributed by atoms with van der Waals surface area (Å²) in [5.74, 6) is 0.0486. The molecule has 0 bridgehead atoms. The Balaban J connectivity index is 1.61. The number of nitrogens with one attached hydrogen (secondary N) is 1. The number of amides is 1. The van der Waals surface area contributed by atoms with Gasteiger partial charge in [0.15, 0.2) is 6.10 Å². The Kier molecular flexibility index (Phi) is 5.43. The largest absolute Gasteiger partial charge is 0.449 e. The van der Waals surface area contributed by atoms with Crippen LogP contribution in [0.3, 0.4) is 0 Å². The number of benzene rings is 1. The maximum atomic E-state index is 12.3. The maximum absolute atomic E-state index is 12.3. The predicted molar refractivity (Wildman–Crippen MR) is 95.4 cm³/mol. The smallest absolute Gasteiger partial charge is 0.338 e. The summed E-state index contributed by atoms with van der Waals surface area (Å²) in [5.41, 5.74) is 1.30. The standard InChI is InChI=1S/C18H17N3O4S/c1-11(16-20-21-17(25-16)15-4-3-9-26-15)24-18(23)14-7-5-13(6-8-14)10-19-12(2)22/h3-9,11H,10H2,1-2H3,(H,19,22). The van der Waals surface area contributed by atoms with E-state index in [-0.39, 0.29) is 11.8 Å². The van der Waals surface area contributed by atoms with Crippen molar-refractivity contribution >= 4 is 23.2 Å². The quantitative estimate of drug-likeness (QED) is 0.668. The molecule has 0 aliphatic heterocycles. The molecule has 0 aliphatic rings. The molecule has 1 amide bonds. The van der Waals surface area contributed by atoms with Crippen LogP contribution in [0.1, 0.15) is 41.8 Å². The number of hydrogen-bond donors (Lipinski definition) is 1. The number of thiophene rings is 1. The van der Waals surface area contributed by atoms with Crippen LogP contribution in [-0.2, 0) is 16.1 Å². The summed E-state index contributed by atoms with van der Waals surface area (Å²) in [5, 5.41) is 12.5. The van der Waals surface area contributed by atoms with Crippen LogP contribution in [0.4, 0.5) is 0 Å². The molecule has 134 valence electrons. The zero-order chi connectivity index (χ0) is 18.5. The summed E-state index contributed by atoms with van der Waals surface area (Å²) in [6.45, 7) is 3.54. The van der Waals surface area contributed by atoms with Crippen LogP contribution in [0.5, 0.6) is 0 Å². The molecular formula is C18H17N3O4S. The molecule has 2 aromatic heterocycles. The van der Waals surface area contributed by atoms with Crippen molar-refractivity contribution in [2.45, 2.75) is 26.5 Å². The Bertz CT molecular complexity index is 888. The van der Waals surface area contributed by atoms with Gasteiger partial charge in [0.05, 0.1) is 10.4 Å². The fraction of sp³-hybridized carbons (Fsp3) is 0.222. The molecule has 3 rings (SSSR count). The molecule has 1 aromatic carbocycles. The lowest BCUT2D eigenvalue weighted by atomic mass is 10.1. The van der Waals surface area contributed by atoms with Crippen molar-refractivity contribution in [2.75, 3.05) is 0 Å². The van der Waals surface area contributed by atoms with Crippen molar-refractivity contribution in [1.82, 2.24) is 15.5 Å². The molecule has 2 heterocycles. The number of hydrogen-bond acceptors (Lipinski definition) is 7. The first-order valence-corrected chi connectivity index (χ1v) is 8.82. The van der Waals surface area contributed by atoms with E-state index in [1.165, 1.54) is 18.3 Å². The number of aromatic nitrogens is 2. The summed E-state index contributed by atoms with van der Waals surface area (Å²) < 4.78 is 11.0. The summed E-state index contributed by atoms with van der Waals surface area (Å²) in [6, 6.07) is 10.6. The second-order valence-corrected chi connectivity index (χ2v) is 6.52. The van der Waals surface area contributed by atoms with Crippen LogP contribution < -0.4 is 5.32 Å². The third-order valence-electron chi connectivity index (χ3n) is 3.54. The average molecular weight is 371 g/mol. The van der Waals surface area contributed by atoms with E-state index in [2.05, 4.69) is 15.5 Å². The van der Waals surface area contributed by atoms with E-state index in [1.807, 2.05) is 17.5 Å². The van der Waals surface area contributed by atoms with E-state index in [1.54, 1.807) is 31.2 Å². The molecule has 8 heteroatoms. The number of ether oxygens (including phenoxy) is 1. The number of esters is 1. The van der Waals surface area contributed by atoms with Crippen molar-refractivity contribution in [3.8, 4) is 10.8 Å². The Morgan fingerprint density at radius 2 is 2.00 bits per heavy atom. The minimum atomic E-state index is -0.664. The number of nitrogens with zero attached hydrogens (tertiary/aromatic N) is 2. The Labute approximate surface area is 154 Å². The van der Waals surface area contributed by atoms with Gasteiger partial charge in [0.1, 0.15) is 0 Å². The highest BCUT2D eigenvalue weighted by atomic mass is 32.1. The van der Waals surface area contributed by atoms with Gasteiger partial charge in [-0.1, -0.05) is 18.2 Å². The van der Waals surface area contributed by atoms with Gasteiger partial charge in [0.2, 0.25) is 5.91 Å². The predicted octanol–water partition coefficient (Wildman–Crippen LogP) is 3.35. The Morgan fingerprint density at radius 3 is 2.65 bits per heavy atom. The molecule has 3 aromatic rings. The van der Waals surface area contributed by atoms with Crippen LogP contribution in [0, 0.1) is 0 Å². The van der Waals surface area contributed by atoms with Crippen LogP contribution in [-0.4, -0.2) is 22.1 Å². The van der Waals surface area contributed by atoms with Crippen LogP contribution in [0.2, 0.25) is 0 Å². The molecule has 0 aliphatic carbocycles. The molecule has 1 atom stereocenters. The summed E-state index contributed by atoms with van der Waals surface area (Å²) in [7, 11) is 0.